The number of nitrogens with zero attached hydrogens (tertiary/aromatic N) is 6. The van der Waals surface area contributed by atoms with Crippen LogP contribution in [0, 0.1) is 5.82 Å². The molecule has 0 aliphatic carbocycles. The Morgan fingerprint density at radius 1 is 1.12 bits per heavy atom. The summed E-state index contributed by atoms with van der Waals surface area (Å²) in [6.45, 7) is 11.7. The highest BCUT2D eigenvalue weighted by atomic mass is 19.1. The second kappa shape index (κ2) is 12.8. The molecule has 0 saturated carbocycles. The van der Waals surface area contributed by atoms with E-state index in [0.29, 0.717) is 24.2 Å². The molecule has 0 unspecified atom stereocenters. The number of benzene rings is 1. The maximum atomic E-state index is 14.3. The lowest BCUT2D eigenvalue weighted by Gasteiger charge is -2.41. The summed E-state index contributed by atoms with van der Waals surface area (Å²) in [7, 11) is 0. The van der Waals surface area contributed by atoms with Crippen LogP contribution in [-0.2, 0) is 13.0 Å². The van der Waals surface area contributed by atoms with E-state index in [9.17, 15) is 9.18 Å². The first kappa shape index (κ1) is 29.3. The average molecular weight is 590 g/mol. The van der Waals surface area contributed by atoms with Crippen LogP contribution >= 0.6 is 0 Å². The molecule has 2 fully saturated rings. The molecule has 1 amide bonds. The van der Waals surface area contributed by atoms with Crippen LogP contribution in [0.2, 0.25) is 0 Å². The van der Waals surface area contributed by atoms with Crippen molar-refractivity contribution in [3.8, 4) is 17.2 Å². The van der Waals surface area contributed by atoms with Gasteiger partial charge in [0.25, 0.3) is 5.91 Å². The van der Waals surface area contributed by atoms with E-state index in [0.717, 1.165) is 70.0 Å². The third-order valence-corrected chi connectivity index (χ3v) is 8.69. The second-order valence-corrected chi connectivity index (χ2v) is 11.7. The number of carbonyl (C=O) groups excluding carboxylic acids is 1. The lowest BCUT2D eigenvalue weighted by molar-refractivity contribution is 0.0713. The Balaban J connectivity index is 1.14. The van der Waals surface area contributed by atoms with Crippen LogP contribution in [0.3, 0.4) is 0 Å². The van der Waals surface area contributed by atoms with Gasteiger partial charge in [0.15, 0.2) is 11.6 Å². The standard InChI is InChI=1S/C32H40FN7O3/c1-4-40(21(2)3)32(41)25-15-22(33)5-6-28(25)43-30-18-35-20-37-31(30)38-12-8-24(9-13-38)42-29-7-11-36-27-10-14-39(19-26(27)29)23-16-34-17-23/h5-7,11,15,18,20-21,23-24,34H,4,8-10,12-14,16-17,19H2,1-3H3. The number of anilines is 1. The Morgan fingerprint density at radius 2 is 1.93 bits per heavy atom. The monoisotopic (exact) mass is 589 g/mol. The maximum absolute atomic E-state index is 14.3. The van der Waals surface area contributed by atoms with Crippen LogP contribution in [0.5, 0.6) is 17.2 Å². The Labute approximate surface area is 252 Å². The molecule has 43 heavy (non-hydrogen) atoms. The minimum atomic E-state index is -0.495. The van der Waals surface area contributed by atoms with E-state index in [1.165, 1.54) is 30.1 Å². The summed E-state index contributed by atoms with van der Waals surface area (Å²) < 4.78 is 27.1. The summed E-state index contributed by atoms with van der Waals surface area (Å²) in [5.74, 6) is 1.50. The highest BCUT2D eigenvalue weighted by Crippen LogP contribution is 2.35. The van der Waals surface area contributed by atoms with Gasteiger partial charge in [-0.25, -0.2) is 14.4 Å². The lowest BCUT2D eigenvalue weighted by Crippen LogP contribution is -2.58. The van der Waals surface area contributed by atoms with Crippen LogP contribution < -0.4 is 19.7 Å². The molecule has 2 aromatic heterocycles. The molecule has 1 aromatic carbocycles. The number of aromatic nitrogens is 3. The third kappa shape index (κ3) is 6.28. The van der Waals surface area contributed by atoms with Gasteiger partial charge in [-0.15, -0.1) is 0 Å². The molecular weight excluding hydrogens is 549 g/mol. The summed E-state index contributed by atoms with van der Waals surface area (Å²) in [5, 5.41) is 3.38. The molecule has 3 aliphatic heterocycles. The number of pyridine rings is 1. The van der Waals surface area contributed by atoms with E-state index in [4.69, 9.17) is 9.47 Å². The van der Waals surface area contributed by atoms with Crippen LogP contribution in [0.4, 0.5) is 10.2 Å². The first-order valence-corrected chi connectivity index (χ1v) is 15.3. The molecule has 3 aromatic rings. The zero-order valence-electron chi connectivity index (χ0n) is 25.1. The first-order chi connectivity index (χ1) is 20.9. The van der Waals surface area contributed by atoms with Gasteiger partial charge in [-0.05, 0) is 45.0 Å². The summed E-state index contributed by atoms with van der Waals surface area (Å²) in [5.41, 5.74) is 2.54. The molecule has 10 nitrogen and oxygen atoms in total. The maximum Gasteiger partial charge on any atom is 0.257 e. The van der Waals surface area contributed by atoms with Crippen molar-refractivity contribution in [1.29, 1.82) is 0 Å². The van der Waals surface area contributed by atoms with Crippen molar-refractivity contribution < 1.29 is 18.7 Å². The number of amides is 1. The van der Waals surface area contributed by atoms with E-state index in [1.54, 1.807) is 11.1 Å². The van der Waals surface area contributed by atoms with E-state index in [2.05, 4.69) is 30.1 Å². The van der Waals surface area contributed by atoms with Crippen molar-refractivity contribution >= 4 is 11.7 Å². The topological polar surface area (TPSA) is 96.0 Å². The molecule has 11 heteroatoms. The minimum absolute atomic E-state index is 0.0376. The normalized spacial score (nSPS) is 17.8. The van der Waals surface area contributed by atoms with Gasteiger partial charge in [0.05, 0.1) is 11.8 Å². The summed E-state index contributed by atoms with van der Waals surface area (Å²) in [6, 6.07) is 6.58. The highest BCUT2D eigenvalue weighted by molar-refractivity contribution is 5.97. The predicted molar refractivity (Wildman–Crippen MR) is 161 cm³/mol. The van der Waals surface area contributed by atoms with Crippen LogP contribution in [0.1, 0.15) is 55.2 Å². The molecule has 228 valence electrons. The van der Waals surface area contributed by atoms with Gasteiger partial charge in [0, 0.05) is 94.6 Å². The molecule has 5 heterocycles. The molecular formula is C32H40FN7O3. The second-order valence-electron chi connectivity index (χ2n) is 11.7. The summed E-state index contributed by atoms with van der Waals surface area (Å²) >= 11 is 0. The molecule has 0 atom stereocenters. The first-order valence-electron chi connectivity index (χ1n) is 15.3. The van der Waals surface area contributed by atoms with Crippen LogP contribution in [0.15, 0.2) is 43.0 Å². The Bertz CT molecular complexity index is 1440. The fourth-order valence-corrected chi connectivity index (χ4v) is 6.15. The van der Waals surface area contributed by atoms with Crippen molar-refractivity contribution in [2.45, 2.75) is 64.8 Å². The number of rotatable bonds is 9. The van der Waals surface area contributed by atoms with Gasteiger partial charge in [0.2, 0.25) is 0 Å². The zero-order chi connectivity index (χ0) is 29.9. The smallest absolute Gasteiger partial charge is 0.257 e. The number of piperidine rings is 1. The molecule has 1 N–H and O–H groups in total. The number of ether oxygens (including phenoxy) is 2. The third-order valence-electron chi connectivity index (χ3n) is 8.69. The van der Waals surface area contributed by atoms with Gasteiger partial charge >= 0.3 is 0 Å². The van der Waals surface area contributed by atoms with E-state index < -0.39 is 5.82 Å². The highest BCUT2D eigenvalue weighted by Gasteiger charge is 2.31. The molecule has 0 spiro atoms. The molecule has 3 aliphatic rings. The molecule has 2 saturated heterocycles. The van der Waals surface area contributed by atoms with E-state index in [1.807, 2.05) is 33.0 Å². The van der Waals surface area contributed by atoms with Gasteiger partial charge in [0.1, 0.15) is 29.7 Å². The van der Waals surface area contributed by atoms with E-state index in [-0.39, 0.29) is 29.4 Å². The van der Waals surface area contributed by atoms with Crippen LogP contribution in [-0.4, -0.2) is 88.1 Å². The van der Waals surface area contributed by atoms with Gasteiger partial charge in [-0.1, -0.05) is 0 Å². The largest absolute Gasteiger partial charge is 0.490 e. The van der Waals surface area contributed by atoms with Crippen molar-refractivity contribution in [1.82, 2.24) is 30.1 Å². The van der Waals surface area contributed by atoms with Crippen molar-refractivity contribution in [3.05, 3.63) is 65.6 Å². The molecule has 0 radical (unpaired) electrons. The zero-order valence-corrected chi connectivity index (χ0v) is 25.1. The van der Waals surface area contributed by atoms with Crippen molar-refractivity contribution in [2.24, 2.45) is 0 Å². The Hall–Kier alpha value is -3.83. The summed E-state index contributed by atoms with van der Waals surface area (Å²) in [6.07, 6.45) is 7.61. The van der Waals surface area contributed by atoms with Gasteiger partial charge in [-0.3, -0.25) is 14.7 Å². The number of hydrogen-bond acceptors (Lipinski definition) is 9. The van der Waals surface area contributed by atoms with Crippen LogP contribution in [0.25, 0.3) is 0 Å². The Kier molecular flexibility index (Phi) is 8.71. The lowest BCUT2D eigenvalue weighted by atomic mass is 10.0. The number of nitrogens with one attached hydrogen (secondary N) is 1. The van der Waals surface area contributed by atoms with Gasteiger partial charge < -0.3 is 24.6 Å². The number of carbonyl (C=O) groups is 1. The minimum Gasteiger partial charge on any atom is -0.490 e. The summed E-state index contributed by atoms with van der Waals surface area (Å²) in [4.78, 5) is 33.1. The van der Waals surface area contributed by atoms with E-state index >= 15 is 0 Å². The number of fused-ring (bicyclic) bond motifs is 1. The quantitative estimate of drug-likeness (QED) is 0.397. The number of hydrogen-bond donors (Lipinski definition) is 1. The van der Waals surface area contributed by atoms with Gasteiger partial charge in [-0.2, -0.15) is 0 Å². The van der Waals surface area contributed by atoms with Crippen molar-refractivity contribution in [3.63, 3.8) is 0 Å². The van der Waals surface area contributed by atoms with Crippen molar-refractivity contribution in [2.75, 3.05) is 44.2 Å². The predicted octanol–water partition coefficient (Wildman–Crippen LogP) is 4.05. The molecule has 0 bridgehead atoms. The number of halogens is 1. The average Bonchev–Trinajstić information content (AvgIpc) is 2.98. The Morgan fingerprint density at radius 3 is 2.65 bits per heavy atom. The SMILES string of the molecule is CCN(C(=O)c1cc(F)ccc1Oc1cncnc1N1CCC(Oc2ccnc3c2CN(C2CNC2)CC3)CC1)C(C)C. The fraction of sp³-hybridized carbons (Fsp3) is 0.500. The fourth-order valence-electron chi connectivity index (χ4n) is 6.15. The molecule has 6 rings (SSSR count).